The molecule has 3 nitrogen and oxygen atoms in total. The molecular weight excluding hydrogens is 289 g/mol. The lowest BCUT2D eigenvalue weighted by Gasteiger charge is -2.05. The Bertz CT molecular complexity index is 495. The summed E-state index contributed by atoms with van der Waals surface area (Å²) in [5.41, 5.74) is 1.83. The number of aryl methyl sites for hydroxylation is 1. The number of fused-ring (bicyclic) bond motifs is 1. The van der Waals surface area contributed by atoms with Crippen LogP contribution in [0.1, 0.15) is 25.6 Å². The molecule has 0 amide bonds. The number of rotatable bonds is 4. The standard InChI is InChI=1S/C11H13BrClN3/c1-2-3-4-16-10(6-13)15-9-5-8(12)7-14-11(9)16/h5,7H,2-4,6H2,1H3. The summed E-state index contributed by atoms with van der Waals surface area (Å²) >= 11 is 9.30. The number of hydrogen-bond donors (Lipinski definition) is 0. The Balaban J connectivity index is 2.50. The van der Waals surface area contributed by atoms with Crippen LogP contribution in [0, 0.1) is 0 Å². The molecule has 2 aromatic heterocycles. The lowest BCUT2D eigenvalue weighted by atomic mass is 10.3. The van der Waals surface area contributed by atoms with E-state index in [0.717, 1.165) is 40.8 Å². The second-order valence-corrected chi connectivity index (χ2v) is 4.85. The van der Waals surface area contributed by atoms with Crippen LogP contribution < -0.4 is 0 Å². The van der Waals surface area contributed by atoms with E-state index in [1.165, 1.54) is 0 Å². The van der Waals surface area contributed by atoms with Crippen molar-refractivity contribution in [3.05, 3.63) is 22.6 Å². The number of pyridine rings is 1. The van der Waals surface area contributed by atoms with E-state index in [9.17, 15) is 0 Å². The van der Waals surface area contributed by atoms with Crippen molar-refractivity contribution in [2.45, 2.75) is 32.2 Å². The smallest absolute Gasteiger partial charge is 0.160 e. The minimum absolute atomic E-state index is 0.428. The van der Waals surface area contributed by atoms with Crippen LogP contribution in [0.15, 0.2) is 16.7 Å². The maximum atomic E-state index is 5.90. The average Bonchev–Trinajstić information content (AvgIpc) is 2.63. The summed E-state index contributed by atoms with van der Waals surface area (Å²) in [5, 5.41) is 0. The Kier molecular flexibility index (Phi) is 3.82. The maximum Gasteiger partial charge on any atom is 0.160 e. The van der Waals surface area contributed by atoms with Gasteiger partial charge in [0, 0.05) is 17.2 Å². The Morgan fingerprint density at radius 2 is 2.31 bits per heavy atom. The van der Waals surface area contributed by atoms with Gasteiger partial charge < -0.3 is 4.57 Å². The molecule has 0 aromatic carbocycles. The van der Waals surface area contributed by atoms with Crippen molar-refractivity contribution < 1.29 is 0 Å². The van der Waals surface area contributed by atoms with Gasteiger partial charge in [-0.15, -0.1) is 11.6 Å². The first-order valence-corrected chi connectivity index (χ1v) is 6.65. The molecule has 0 saturated carbocycles. The van der Waals surface area contributed by atoms with E-state index in [0.29, 0.717) is 5.88 Å². The van der Waals surface area contributed by atoms with E-state index in [1.54, 1.807) is 6.20 Å². The Morgan fingerprint density at radius 1 is 1.50 bits per heavy atom. The minimum atomic E-state index is 0.428. The molecule has 0 spiro atoms. The molecular formula is C11H13BrClN3. The molecule has 0 radical (unpaired) electrons. The van der Waals surface area contributed by atoms with Crippen LogP contribution in [0.2, 0.25) is 0 Å². The summed E-state index contributed by atoms with van der Waals surface area (Å²) in [6.07, 6.45) is 4.06. The fourth-order valence-electron chi connectivity index (χ4n) is 1.69. The monoisotopic (exact) mass is 301 g/mol. The van der Waals surface area contributed by atoms with E-state index in [1.807, 2.05) is 6.07 Å². The Morgan fingerprint density at radius 3 is 3.00 bits per heavy atom. The van der Waals surface area contributed by atoms with Crippen molar-refractivity contribution in [2.24, 2.45) is 0 Å². The van der Waals surface area contributed by atoms with Crippen molar-refractivity contribution in [3.8, 4) is 0 Å². The molecule has 0 N–H and O–H groups in total. The Hall–Kier alpha value is -0.610. The van der Waals surface area contributed by atoms with Gasteiger partial charge in [-0.25, -0.2) is 9.97 Å². The van der Waals surface area contributed by atoms with Gasteiger partial charge in [0.1, 0.15) is 11.3 Å². The van der Waals surface area contributed by atoms with Gasteiger partial charge >= 0.3 is 0 Å². The zero-order chi connectivity index (χ0) is 11.5. The lowest BCUT2D eigenvalue weighted by Crippen LogP contribution is -2.03. The van der Waals surface area contributed by atoms with Crippen LogP contribution in [0.25, 0.3) is 11.2 Å². The third-order valence-electron chi connectivity index (χ3n) is 2.49. The molecule has 2 rings (SSSR count). The van der Waals surface area contributed by atoms with Crippen LogP contribution in [-0.2, 0) is 12.4 Å². The maximum absolute atomic E-state index is 5.90. The first-order valence-electron chi connectivity index (χ1n) is 5.33. The second kappa shape index (κ2) is 5.15. The van der Waals surface area contributed by atoms with Gasteiger partial charge in [-0.3, -0.25) is 0 Å². The zero-order valence-electron chi connectivity index (χ0n) is 9.08. The summed E-state index contributed by atoms with van der Waals surface area (Å²) in [6, 6.07) is 1.97. The van der Waals surface area contributed by atoms with Gasteiger partial charge in [-0.1, -0.05) is 13.3 Å². The van der Waals surface area contributed by atoms with Gasteiger partial charge in [-0.2, -0.15) is 0 Å². The minimum Gasteiger partial charge on any atom is -0.312 e. The third-order valence-corrected chi connectivity index (χ3v) is 3.16. The van der Waals surface area contributed by atoms with Crippen molar-refractivity contribution in [1.82, 2.24) is 14.5 Å². The summed E-state index contributed by atoms with van der Waals surface area (Å²) < 4.78 is 3.06. The average molecular weight is 303 g/mol. The highest BCUT2D eigenvalue weighted by Gasteiger charge is 2.10. The second-order valence-electron chi connectivity index (χ2n) is 3.66. The van der Waals surface area contributed by atoms with Crippen LogP contribution in [0.4, 0.5) is 0 Å². The number of nitrogens with zero attached hydrogens (tertiary/aromatic N) is 3. The molecule has 16 heavy (non-hydrogen) atoms. The van der Waals surface area contributed by atoms with Crippen LogP contribution in [-0.4, -0.2) is 14.5 Å². The van der Waals surface area contributed by atoms with Crippen molar-refractivity contribution in [3.63, 3.8) is 0 Å². The normalized spacial score (nSPS) is 11.2. The highest BCUT2D eigenvalue weighted by molar-refractivity contribution is 9.10. The van der Waals surface area contributed by atoms with Crippen molar-refractivity contribution >= 4 is 38.7 Å². The molecule has 2 aromatic rings. The molecule has 0 unspecified atom stereocenters. The molecule has 0 aliphatic heterocycles. The molecule has 86 valence electrons. The van der Waals surface area contributed by atoms with Gasteiger partial charge in [0.05, 0.1) is 5.88 Å². The molecule has 0 aliphatic rings. The largest absolute Gasteiger partial charge is 0.312 e. The first kappa shape index (κ1) is 11.9. The van der Waals surface area contributed by atoms with E-state index >= 15 is 0 Å². The third kappa shape index (κ3) is 2.23. The van der Waals surface area contributed by atoms with Gasteiger partial charge in [-0.05, 0) is 28.4 Å². The molecule has 0 atom stereocenters. The predicted molar refractivity (Wildman–Crippen MR) is 69.7 cm³/mol. The highest BCUT2D eigenvalue weighted by atomic mass is 79.9. The lowest BCUT2D eigenvalue weighted by molar-refractivity contribution is 0.624. The van der Waals surface area contributed by atoms with Crippen LogP contribution in [0.3, 0.4) is 0 Å². The van der Waals surface area contributed by atoms with E-state index in [-0.39, 0.29) is 0 Å². The Labute approximate surface area is 108 Å². The molecule has 0 bridgehead atoms. The number of alkyl halides is 1. The van der Waals surface area contributed by atoms with Crippen molar-refractivity contribution in [1.29, 1.82) is 0 Å². The van der Waals surface area contributed by atoms with Crippen LogP contribution >= 0.6 is 27.5 Å². The number of unbranched alkanes of at least 4 members (excludes halogenated alkanes) is 1. The number of imidazole rings is 1. The molecule has 0 aliphatic carbocycles. The van der Waals surface area contributed by atoms with E-state index in [4.69, 9.17) is 11.6 Å². The predicted octanol–water partition coefficient (Wildman–Crippen LogP) is 3.73. The molecule has 0 fully saturated rings. The quantitative estimate of drug-likeness (QED) is 0.806. The van der Waals surface area contributed by atoms with Crippen molar-refractivity contribution in [2.75, 3.05) is 0 Å². The topological polar surface area (TPSA) is 30.7 Å². The van der Waals surface area contributed by atoms with Gasteiger partial charge in [0.2, 0.25) is 0 Å². The van der Waals surface area contributed by atoms with E-state index in [2.05, 4.69) is 37.4 Å². The van der Waals surface area contributed by atoms with Gasteiger partial charge in [0.15, 0.2) is 5.65 Å². The first-order chi connectivity index (χ1) is 7.76. The molecule has 0 saturated heterocycles. The molecule has 5 heteroatoms. The van der Waals surface area contributed by atoms with Crippen LogP contribution in [0.5, 0.6) is 0 Å². The van der Waals surface area contributed by atoms with E-state index < -0.39 is 0 Å². The fourth-order valence-corrected chi connectivity index (χ4v) is 2.21. The summed E-state index contributed by atoms with van der Waals surface area (Å²) in [7, 11) is 0. The summed E-state index contributed by atoms with van der Waals surface area (Å²) in [4.78, 5) is 8.88. The number of aromatic nitrogens is 3. The summed E-state index contributed by atoms with van der Waals surface area (Å²) in [5.74, 6) is 1.33. The SMILES string of the molecule is CCCCn1c(CCl)nc2cc(Br)cnc21. The molecule has 2 heterocycles. The number of hydrogen-bond acceptors (Lipinski definition) is 2. The highest BCUT2D eigenvalue weighted by Crippen LogP contribution is 2.19. The zero-order valence-corrected chi connectivity index (χ0v) is 11.4. The fraction of sp³-hybridized carbons (Fsp3) is 0.455. The van der Waals surface area contributed by atoms with Gasteiger partial charge in [0.25, 0.3) is 0 Å². The number of halogens is 2. The summed E-state index contributed by atoms with van der Waals surface area (Å²) in [6.45, 7) is 3.10.